The van der Waals surface area contributed by atoms with Crippen molar-refractivity contribution in [3.63, 3.8) is 0 Å². The van der Waals surface area contributed by atoms with Crippen molar-refractivity contribution in [1.29, 1.82) is 0 Å². The van der Waals surface area contributed by atoms with Crippen molar-refractivity contribution >= 4 is 50.8 Å². The summed E-state index contributed by atoms with van der Waals surface area (Å²) in [5.74, 6) is -1.43. The number of thiazole rings is 1. The molecule has 142 valence electrons. The van der Waals surface area contributed by atoms with Crippen molar-refractivity contribution < 1.29 is 14.7 Å². The van der Waals surface area contributed by atoms with Crippen LogP contribution in [0.3, 0.4) is 0 Å². The molecule has 0 fully saturated rings. The Labute approximate surface area is 165 Å². The Balaban J connectivity index is 1.62. The van der Waals surface area contributed by atoms with Crippen LogP contribution >= 0.6 is 23.1 Å². The fraction of sp³-hybridized carbons (Fsp3) is 0.118. The number of carboxylic acids is 1. The van der Waals surface area contributed by atoms with Gasteiger partial charge in [-0.15, -0.1) is 11.3 Å². The number of carbonyl (C=O) groups is 2. The quantitative estimate of drug-likeness (QED) is 0.409. The number of nitrogens with zero attached hydrogens (tertiary/aromatic N) is 3. The molecule has 9 nitrogen and oxygen atoms in total. The number of aromatic nitrogens is 4. The summed E-state index contributed by atoms with van der Waals surface area (Å²) in [4.78, 5) is 44.0. The number of hydrogen-bond acceptors (Lipinski definition) is 7. The molecule has 0 aliphatic heterocycles. The molecule has 3 N–H and O–H groups in total. The van der Waals surface area contributed by atoms with Crippen LogP contribution in [0, 0.1) is 0 Å². The highest BCUT2D eigenvalue weighted by Gasteiger charge is 2.20. The van der Waals surface area contributed by atoms with Gasteiger partial charge in [-0.2, -0.15) is 0 Å². The minimum Gasteiger partial charge on any atom is -0.480 e. The Hall–Kier alpha value is -3.18. The van der Waals surface area contributed by atoms with Crippen molar-refractivity contribution in [1.82, 2.24) is 24.9 Å². The smallest absolute Gasteiger partial charge is 0.322 e. The number of pyridine rings is 1. The molecule has 4 aromatic rings. The average molecular weight is 415 g/mol. The third kappa shape index (κ3) is 3.49. The van der Waals surface area contributed by atoms with E-state index < -0.39 is 23.9 Å². The van der Waals surface area contributed by atoms with Crippen molar-refractivity contribution in [3.8, 4) is 0 Å². The van der Waals surface area contributed by atoms with E-state index >= 15 is 0 Å². The second-order valence-electron chi connectivity index (χ2n) is 5.71. The highest BCUT2D eigenvalue weighted by atomic mass is 32.2. The number of fused-ring (bicyclic) bond motifs is 2. The molecule has 0 radical (unpaired) electrons. The molecule has 28 heavy (non-hydrogen) atoms. The monoisotopic (exact) mass is 415 g/mol. The summed E-state index contributed by atoms with van der Waals surface area (Å²) >= 11 is 2.97. The molecule has 0 spiro atoms. The van der Waals surface area contributed by atoms with E-state index in [9.17, 15) is 14.4 Å². The lowest BCUT2D eigenvalue weighted by Crippen LogP contribution is -2.33. The van der Waals surface area contributed by atoms with Gasteiger partial charge < -0.3 is 10.4 Å². The maximum atomic E-state index is 12.5. The maximum absolute atomic E-state index is 12.5. The van der Waals surface area contributed by atoms with Gasteiger partial charge in [0.1, 0.15) is 28.5 Å². The molecule has 1 amide bonds. The van der Waals surface area contributed by atoms with Crippen molar-refractivity contribution in [3.05, 3.63) is 57.5 Å². The zero-order chi connectivity index (χ0) is 19.7. The standard InChI is InChI=1S/C17H13N5O4S2/c23-10-5-13(27-7-12-21-9-3-1-2-4-11(9)28-12)22-16(19-8-20-22)15(10)17(26)18-6-14(24)25/h1-5,8H,6-7H2,(H,18,26)(H,19,20)(H,24,25). The fourth-order valence-corrected chi connectivity index (χ4v) is 4.62. The number of nitrogens with one attached hydrogen (secondary N) is 2. The van der Waals surface area contributed by atoms with E-state index in [2.05, 4.69) is 20.4 Å². The number of amides is 1. The first-order valence-corrected chi connectivity index (χ1v) is 9.89. The van der Waals surface area contributed by atoms with Gasteiger partial charge >= 0.3 is 5.97 Å². The number of benzene rings is 1. The number of aromatic amines is 1. The first-order chi connectivity index (χ1) is 13.5. The second-order valence-corrected chi connectivity index (χ2v) is 7.82. The molecular weight excluding hydrogens is 402 g/mol. The molecule has 4 rings (SSSR count). The molecule has 0 saturated carbocycles. The third-order valence-electron chi connectivity index (χ3n) is 3.84. The maximum Gasteiger partial charge on any atom is 0.322 e. The van der Waals surface area contributed by atoms with Gasteiger partial charge in [0.05, 0.1) is 16.0 Å². The number of H-pyrrole nitrogens is 1. The van der Waals surface area contributed by atoms with Gasteiger partial charge in [-0.05, 0) is 12.1 Å². The van der Waals surface area contributed by atoms with E-state index in [1.165, 1.54) is 28.7 Å². The van der Waals surface area contributed by atoms with Gasteiger partial charge in [0, 0.05) is 6.07 Å². The summed E-state index contributed by atoms with van der Waals surface area (Å²) in [6, 6.07) is 9.17. The van der Waals surface area contributed by atoms with E-state index in [0.717, 1.165) is 15.2 Å². The Morgan fingerprint density at radius 2 is 2.14 bits per heavy atom. The summed E-state index contributed by atoms with van der Waals surface area (Å²) in [5, 5.41) is 15.2. The number of hydrogen-bond donors (Lipinski definition) is 3. The van der Waals surface area contributed by atoms with Gasteiger partial charge in [-0.1, -0.05) is 23.9 Å². The predicted molar refractivity (Wildman–Crippen MR) is 105 cm³/mol. The van der Waals surface area contributed by atoms with E-state index in [1.807, 2.05) is 24.3 Å². The van der Waals surface area contributed by atoms with Crippen LogP contribution in [0.1, 0.15) is 15.4 Å². The molecule has 0 aliphatic rings. The lowest BCUT2D eigenvalue weighted by atomic mass is 10.2. The summed E-state index contributed by atoms with van der Waals surface area (Å²) in [6.45, 7) is -0.580. The molecule has 3 aromatic heterocycles. The van der Waals surface area contributed by atoms with Gasteiger partial charge in [0.25, 0.3) is 5.91 Å². The van der Waals surface area contributed by atoms with Crippen molar-refractivity contribution in [2.75, 3.05) is 6.54 Å². The minimum absolute atomic E-state index is 0.141. The van der Waals surface area contributed by atoms with E-state index in [4.69, 9.17) is 5.11 Å². The number of rotatable bonds is 6. The third-order valence-corrected chi connectivity index (χ3v) is 6.07. The lowest BCUT2D eigenvalue weighted by molar-refractivity contribution is -0.135. The Morgan fingerprint density at radius 1 is 1.32 bits per heavy atom. The molecule has 0 unspecified atom stereocenters. The first kappa shape index (κ1) is 18.2. The molecule has 0 aliphatic carbocycles. The average Bonchev–Trinajstić information content (AvgIpc) is 3.30. The molecule has 11 heteroatoms. The Morgan fingerprint density at radius 3 is 2.93 bits per heavy atom. The molecule has 3 heterocycles. The number of carbonyl (C=O) groups excluding carboxylic acids is 1. The van der Waals surface area contributed by atoms with Crippen molar-refractivity contribution in [2.45, 2.75) is 10.8 Å². The highest BCUT2D eigenvalue weighted by Crippen LogP contribution is 2.28. The fourth-order valence-electron chi connectivity index (χ4n) is 2.65. The molecule has 0 bridgehead atoms. The first-order valence-electron chi connectivity index (χ1n) is 8.09. The van der Waals surface area contributed by atoms with Crippen LogP contribution in [0.5, 0.6) is 0 Å². The van der Waals surface area contributed by atoms with Crippen LogP contribution in [0.2, 0.25) is 0 Å². The summed E-state index contributed by atoms with van der Waals surface area (Å²) in [6.07, 6.45) is 1.37. The second kappa shape index (κ2) is 7.44. The summed E-state index contributed by atoms with van der Waals surface area (Å²) in [7, 11) is 0. The van der Waals surface area contributed by atoms with E-state index in [-0.39, 0.29) is 11.2 Å². The van der Waals surface area contributed by atoms with Gasteiger partial charge in [-0.25, -0.2) is 14.5 Å². The largest absolute Gasteiger partial charge is 0.480 e. The van der Waals surface area contributed by atoms with E-state index in [1.54, 1.807) is 11.3 Å². The van der Waals surface area contributed by atoms with Crippen LogP contribution in [0.15, 0.2) is 46.5 Å². The number of thioether (sulfide) groups is 1. The Bertz CT molecular complexity index is 1230. The van der Waals surface area contributed by atoms with Crippen LogP contribution < -0.4 is 10.7 Å². The normalized spacial score (nSPS) is 11.1. The Kier molecular flexibility index (Phi) is 4.84. The van der Waals surface area contributed by atoms with Gasteiger partial charge in [-0.3, -0.25) is 19.5 Å². The minimum atomic E-state index is -1.20. The lowest BCUT2D eigenvalue weighted by Gasteiger charge is -2.07. The zero-order valence-corrected chi connectivity index (χ0v) is 15.8. The zero-order valence-electron chi connectivity index (χ0n) is 14.2. The van der Waals surface area contributed by atoms with Crippen LogP contribution in [-0.2, 0) is 10.5 Å². The van der Waals surface area contributed by atoms with Crippen LogP contribution in [0.4, 0.5) is 0 Å². The van der Waals surface area contributed by atoms with Crippen LogP contribution in [0.25, 0.3) is 15.9 Å². The summed E-state index contributed by atoms with van der Waals surface area (Å²) in [5.41, 5.74) is 0.341. The topological polar surface area (TPSA) is 129 Å². The molecule has 0 atom stereocenters. The van der Waals surface area contributed by atoms with Crippen molar-refractivity contribution in [2.24, 2.45) is 0 Å². The molecule has 1 aromatic carbocycles. The van der Waals surface area contributed by atoms with E-state index in [0.29, 0.717) is 10.8 Å². The predicted octanol–water partition coefficient (Wildman–Crippen LogP) is 1.74. The number of aliphatic carboxylic acids is 1. The van der Waals surface area contributed by atoms with Gasteiger partial charge in [0.2, 0.25) is 0 Å². The van der Waals surface area contributed by atoms with Crippen LogP contribution in [-0.4, -0.2) is 43.1 Å². The summed E-state index contributed by atoms with van der Waals surface area (Å²) < 4.78 is 2.61. The number of para-hydroxylation sites is 1. The highest BCUT2D eigenvalue weighted by molar-refractivity contribution is 7.98. The van der Waals surface area contributed by atoms with Gasteiger partial charge in [0.15, 0.2) is 11.1 Å². The SMILES string of the molecule is O=C(O)CNC(=O)c1c(=O)cc(SCc2nc3ccccc3s2)n2[nH]cnc12. The molecule has 0 saturated heterocycles. The molecular formula is C17H13N5O4S2. The number of carboxylic acid groups (broad SMARTS) is 1.